The Hall–Kier alpha value is -2.96. The lowest BCUT2D eigenvalue weighted by atomic mass is 10.2. The Morgan fingerprint density at radius 1 is 1.12 bits per heavy atom. The lowest BCUT2D eigenvalue weighted by molar-refractivity contribution is 0.0600. The van der Waals surface area contributed by atoms with E-state index in [1.807, 2.05) is 6.92 Å². The number of hydrogen-bond donors (Lipinski definition) is 2. The number of esters is 1. The molecule has 1 fully saturated rings. The van der Waals surface area contributed by atoms with Gasteiger partial charge in [0.15, 0.2) is 0 Å². The maximum absolute atomic E-state index is 12.5. The Morgan fingerprint density at radius 2 is 1.81 bits per heavy atom. The van der Waals surface area contributed by atoms with Crippen molar-refractivity contribution in [1.82, 2.24) is 9.97 Å². The zero-order valence-corrected chi connectivity index (χ0v) is 14.9. The second-order valence-corrected chi connectivity index (χ2v) is 6.37. The van der Waals surface area contributed by atoms with Gasteiger partial charge in [-0.3, -0.25) is 4.79 Å². The van der Waals surface area contributed by atoms with Crippen LogP contribution in [0.4, 0.5) is 11.6 Å². The minimum absolute atomic E-state index is 0.301. The Kier molecular flexibility index (Phi) is 5.46. The number of methoxy groups -OCH3 is 1. The van der Waals surface area contributed by atoms with Gasteiger partial charge in [0.2, 0.25) is 5.95 Å². The molecule has 1 amide bonds. The molecule has 0 bridgehead atoms. The van der Waals surface area contributed by atoms with Crippen LogP contribution in [0, 0.1) is 6.92 Å². The van der Waals surface area contributed by atoms with E-state index >= 15 is 0 Å². The summed E-state index contributed by atoms with van der Waals surface area (Å²) >= 11 is 0. The van der Waals surface area contributed by atoms with Crippen molar-refractivity contribution < 1.29 is 14.3 Å². The highest BCUT2D eigenvalue weighted by molar-refractivity contribution is 6.03. The van der Waals surface area contributed by atoms with Crippen LogP contribution in [0.5, 0.6) is 0 Å². The van der Waals surface area contributed by atoms with Gasteiger partial charge in [0.1, 0.15) is 5.69 Å². The number of rotatable bonds is 5. The number of nitrogens with one attached hydrogen (secondary N) is 2. The van der Waals surface area contributed by atoms with Gasteiger partial charge in [-0.15, -0.1) is 0 Å². The number of amides is 1. The van der Waals surface area contributed by atoms with Gasteiger partial charge >= 0.3 is 5.97 Å². The molecule has 1 aliphatic rings. The molecule has 2 aromatic rings. The Labute approximate surface area is 152 Å². The number of benzene rings is 1. The number of carbonyl (C=O) groups is 2. The maximum Gasteiger partial charge on any atom is 0.337 e. The molecule has 0 unspecified atom stereocenters. The normalized spacial score (nSPS) is 14.1. The summed E-state index contributed by atoms with van der Waals surface area (Å²) in [4.78, 5) is 32.7. The van der Waals surface area contributed by atoms with Crippen LogP contribution < -0.4 is 10.6 Å². The SMILES string of the molecule is COC(=O)c1ccc(NC(=O)c2cc(C)nc(NC3CCCC3)n2)cc1. The fourth-order valence-electron chi connectivity index (χ4n) is 3.00. The number of hydrogen-bond acceptors (Lipinski definition) is 6. The van der Waals surface area contributed by atoms with Crippen LogP contribution in [0.3, 0.4) is 0 Å². The van der Waals surface area contributed by atoms with Crippen molar-refractivity contribution in [3.63, 3.8) is 0 Å². The number of aryl methyl sites for hydroxylation is 1. The van der Waals surface area contributed by atoms with E-state index in [9.17, 15) is 9.59 Å². The van der Waals surface area contributed by atoms with Gasteiger partial charge in [-0.2, -0.15) is 0 Å². The lowest BCUT2D eigenvalue weighted by Crippen LogP contribution is -2.20. The van der Waals surface area contributed by atoms with Crippen molar-refractivity contribution in [1.29, 1.82) is 0 Å². The molecule has 136 valence electrons. The molecule has 1 aliphatic carbocycles. The highest BCUT2D eigenvalue weighted by atomic mass is 16.5. The Morgan fingerprint density at radius 3 is 2.46 bits per heavy atom. The minimum Gasteiger partial charge on any atom is -0.465 e. The lowest BCUT2D eigenvalue weighted by Gasteiger charge is -2.13. The second kappa shape index (κ2) is 7.95. The second-order valence-electron chi connectivity index (χ2n) is 6.37. The van der Waals surface area contributed by atoms with Crippen LogP contribution in [0.1, 0.15) is 52.2 Å². The van der Waals surface area contributed by atoms with E-state index in [1.54, 1.807) is 30.3 Å². The van der Waals surface area contributed by atoms with Crippen LogP contribution in [0.25, 0.3) is 0 Å². The van der Waals surface area contributed by atoms with Crippen molar-refractivity contribution in [2.45, 2.75) is 38.6 Å². The summed E-state index contributed by atoms with van der Waals surface area (Å²) in [5, 5.41) is 6.09. The third-order valence-corrected chi connectivity index (χ3v) is 4.34. The highest BCUT2D eigenvalue weighted by Crippen LogP contribution is 2.21. The molecule has 1 saturated carbocycles. The summed E-state index contributed by atoms with van der Waals surface area (Å²) < 4.78 is 4.66. The van der Waals surface area contributed by atoms with E-state index in [0.717, 1.165) is 18.5 Å². The zero-order valence-electron chi connectivity index (χ0n) is 14.9. The predicted molar refractivity (Wildman–Crippen MR) is 98.4 cm³/mol. The van der Waals surface area contributed by atoms with E-state index in [2.05, 4.69) is 25.3 Å². The molecule has 7 nitrogen and oxygen atoms in total. The average molecular weight is 354 g/mol. The molecule has 0 aliphatic heterocycles. The fourth-order valence-corrected chi connectivity index (χ4v) is 3.00. The molecule has 1 aromatic heterocycles. The van der Waals surface area contributed by atoms with Crippen LogP contribution in [-0.2, 0) is 4.74 Å². The van der Waals surface area contributed by atoms with Gasteiger partial charge in [-0.25, -0.2) is 14.8 Å². The molecule has 2 N–H and O–H groups in total. The predicted octanol–water partition coefficient (Wildman–Crippen LogP) is 3.18. The molecule has 1 heterocycles. The summed E-state index contributed by atoms with van der Waals surface area (Å²) in [5.74, 6) is -0.254. The van der Waals surface area contributed by atoms with E-state index < -0.39 is 5.97 Å². The molecular weight excluding hydrogens is 332 g/mol. The third-order valence-electron chi connectivity index (χ3n) is 4.34. The topological polar surface area (TPSA) is 93.2 Å². The van der Waals surface area contributed by atoms with Crippen molar-refractivity contribution in [3.8, 4) is 0 Å². The summed E-state index contributed by atoms with van der Waals surface area (Å²) in [6.45, 7) is 1.84. The van der Waals surface area contributed by atoms with Gasteiger partial charge in [-0.05, 0) is 50.1 Å². The summed E-state index contributed by atoms with van der Waals surface area (Å²) in [6.07, 6.45) is 4.62. The standard InChI is InChI=1S/C19H22N4O3/c1-12-11-16(23-19(20-12)22-14-5-3-4-6-14)17(24)21-15-9-7-13(8-10-15)18(25)26-2/h7-11,14H,3-6H2,1-2H3,(H,21,24)(H,20,22,23). The van der Waals surface area contributed by atoms with Gasteiger partial charge in [0, 0.05) is 17.4 Å². The van der Waals surface area contributed by atoms with Gasteiger partial charge in [0.25, 0.3) is 5.91 Å². The smallest absolute Gasteiger partial charge is 0.337 e. The van der Waals surface area contributed by atoms with Crippen LogP contribution in [-0.4, -0.2) is 35.0 Å². The summed E-state index contributed by atoms with van der Waals surface area (Å²) in [5.41, 5.74) is 2.03. The van der Waals surface area contributed by atoms with Crippen LogP contribution >= 0.6 is 0 Å². The third kappa shape index (κ3) is 4.36. The molecular formula is C19H22N4O3. The van der Waals surface area contributed by atoms with E-state index in [0.29, 0.717) is 28.9 Å². The first-order valence-corrected chi connectivity index (χ1v) is 8.67. The first kappa shape index (κ1) is 17.8. The maximum atomic E-state index is 12.5. The highest BCUT2D eigenvalue weighted by Gasteiger charge is 2.17. The quantitative estimate of drug-likeness (QED) is 0.801. The van der Waals surface area contributed by atoms with E-state index in [1.165, 1.54) is 20.0 Å². The number of nitrogens with zero attached hydrogens (tertiary/aromatic N) is 2. The van der Waals surface area contributed by atoms with Gasteiger partial charge in [0.05, 0.1) is 12.7 Å². The van der Waals surface area contributed by atoms with Crippen LogP contribution in [0.15, 0.2) is 30.3 Å². The van der Waals surface area contributed by atoms with Gasteiger partial charge in [-0.1, -0.05) is 12.8 Å². The average Bonchev–Trinajstić information content (AvgIpc) is 3.14. The van der Waals surface area contributed by atoms with Crippen LogP contribution in [0.2, 0.25) is 0 Å². The molecule has 7 heteroatoms. The zero-order chi connectivity index (χ0) is 18.5. The molecule has 3 rings (SSSR count). The molecule has 1 aromatic carbocycles. The number of aromatic nitrogens is 2. The number of carbonyl (C=O) groups excluding carboxylic acids is 2. The monoisotopic (exact) mass is 354 g/mol. The van der Waals surface area contributed by atoms with Crippen molar-refractivity contribution in [2.24, 2.45) is 0 Å². The molecule has 0 spiro atoms. The first-order chi connectivity index (χ1) is 12.5. The van der Waals surface area contributed by atoms with Crippen molar-refractivity contribution in [2.75, 3.05) is 17.7 Å². The summed E-state index contributed by atoms with van der Waals surface area (Å²) in [6, 6.07) is 8.52. The minimum atomic E-state index is -0.420. The fraction of sp³-hybridized carbons (Fsp3) is 0.368. The molecule has 26 heavy (non-hydrogen) atoms. The Balaban J connectivity index is 1.70. The van der Waals surface area contributed by atoms with Crippen molar-refractivity contribution >= 4 is 23.5 Å². The molecule has 0 saturated heterocycles. The van der Waals surface area contributed by atoms with Gasteiger partial charge < -0.3 is 15.4 Å². The van der Waals surface area contributed by atoms with Crippen molar-refractivity contribution in [3.05, 3.63) is 47.3 Å². The molecule has 0 radical (unpaired) electrons. The molecule has 0 atom stereocenters. The Bertz CT molecular complexity index is 799. The number of ether oxygens (including phenoxy) is 1. The summed E-state index contributed by atoms with van der Waals surface area (Å²) in [7, 11) is 1.33. The van der Waals surface area contributed by atoms with E-state index in [-0.39, 0.29) is 5.91 Å². The first-order valence-electron chi connectivity index (χ1n) is 8.67. The number of anilines is 2. The largest absolute Gasteiger partial charge is 0.465 e. The van der Waals surface area contributed by atoms with E-state index in [4.69, 9.17) is 0 Å².